The highest BCUT2D eigenvalue weighted by molar-refractivity contribution is 5.94. The Balaban J connectivity index is 1.95. The number of phenols is 1. The number of aromatic amines is 1. The molecule has 0 amide bonds. The molecule has 132 valence electrons. The Hall–Kier alpha value is -3.72. The van der Waals surface area contributed by atoms with Crippen LogP contribution in [0.15, 0.2) is 36.8 Å². The molecule has 0 atom stereocenters. The van der Waals surface area contributed by atoms with E-state index in [0.717, 1.165) is 33.2 Å². The fourth-order valence-electron chi connectivity index (χ4n) is 3.34. The van der Waals surface area contributed by atoms with Gasteiger partial charge in [-0.05, 0) is 49.6 Å². The zero-order chi connectivity index (χ0) is 19.1. The van der Waals surface area contributed by atoms with Crippen molar-refractivity contribution >= 4 is 11.0 Å². The maximum absolute atomic E-state index is 10.1. The summed E-state index contributed by atoms with van der Waals surface area (Å²) >= 11 is 0. The number of aromatic hydroxyl groups is 1. The van der Waals surface area contributed by atoms with Gasteiger partial charge in [0.2, 0.25) is 0 Å². The molecule has 3 heterocycles. The minimum Gasteiger partial charge on any atom is -0.508 e. The number of aromatic nitrogens is 4. The second-order valence-electron chi connectivity index (χ2n) is 6.53. The summed E-state index contributed by atoms with van der Waals surface area (Å²) in [6.07, 6.45) is 5.14. The molecule has 0 aliphatic carbocycles. The number of benzene rings is 1. The van der Waals surface area contributed by atoms with Crippen LogP contribution in [0.1, 0.15) is 22.5 Å². The average Bonchev–Trinajstić information content (AvgIpc) is 3.03. The normalized spacial score (nSPS) is 10.9. The second kappa shape index (κ2) is 6.22. The van der Waals surface area contributed by atoms with E-state index < -0.39 is 0 Å². The van der Waals surface area contributed by atoms with Crippen LogP contribution in [0.5, 0.6) is 5.75 Å². The average molecular weight is 355 g/mol. The fraction of sp³-hybridized carbons (Fsp3) is 0.143. The van der Waals surface area contributed by atoms with E-state index in [-0.39, 0.29) is 5.75 Å². The standard InChI is InChI=1S/C21H17N5O/c1-11-4-5-18(27)12(2)19(11)14-6-16-17(7-22)20(26-21(16)25-8-14)15-9-23-13(3)24-10-15/h4-6,8-10,27H,1-3H3,(H,25,26). The maximum Gasteiger partial charge on any atom is 0.139 e. The molecule has 4 aromatic rings. The lowest BCUT2D eigenvalue weighted by atomic mass is 9.95. The van der Waals surface area contributed by atoms with E-state index in [1.165, 1.54) is 0 Å². The van der Waals surface area contributed by atoms with Crippen molar-refractivity contribution in [1.29, 1.82) is 5.26 Å². The van der Waals surface area contributed by atoms with Gasteiger partial charge in [-0.15, -0.1) is 0 Å². The van der Waals surface area contributed by atoms with Crippen molar-refractivity contribution in [3.8, 4) is 34.2 Å². The van der Waals surface area contributed by atoms with Crippen LogP contribution in [-0.2, 0) is 0 Å². The van der Waals surface area contributed by atoms with Gasteiger partial charge < -0.3 is 10.1 Å². The minimum absolute atomic E-state index is 0.239. The third kappa shape index (κ3) is 2.70. The largest absolute Gasteiger partial charge is 0.508 e. The van der Waals surface area contributed by atoms with Crippen LogP contribution >= 0.6 is 0 Å². The molecule has 0 fully saturated rings. The summed E-state index contributed by atoms with van der Waals surface area (Å²) in [5.41, 5.74) is 6.13. The predicted molar refractivity (Wildman–Crippen MR) is 103 cm³/mol. The van der Waals surface area contributed by atoms with Gasteiger partial charge in [0.25, 0.3) is 0 Å². The Bertz CT molecular complexity index is 1220. The van der Waals surface area contributed by atoms with Gasteiger partial charge in [-0.1, -0.05) is 6.07 Å². The molecule has 0 saturated carbocycles. The van der Waals surface area contributed by atoms with Crippen molar-refractivity contribution in [1.82, 2.24) is 19.9 Å². The molecule has 4 rings (SSSR count). The summed E-state index contributed by atoms with van der Waals surface area (Å²) in [7, 11) is 0. The molecule has 0 spiro atoms. The lowest BCUT2D eigenvalue weighted by molar-refractivity contribution is 0.471. The summed E-state index contributed by atoms with van der Waals surface area (Å²) in [6.45, 7) is 5.68. The molecule has 6 heteroatoms. The van der Waals surface area contributed by atoms with E-state index in [0.29, 0.717) is 22.7 Å². The lowest BCUT2D eigenvalue weighted by Crippen LogP contribution is -1.90. The summed E-state index contributed by atoms with van der Waals surface area (Å²) in [5.74, 6) is 0.909. The lowest BCUT2D eigenvalue weighted by Gasteiger charge is -2.11. The third-order valence-corrected chi connectivity index (χ3v) is 4.77. The van der Waals surface area contributed by atoms with Gasteiger partial charge in [0.1, 0.15) is 23.3 Å². The van der Waals surface area contributed by atoms with Crippen molar-refractivity contribution in [2.75, 3.05) is 0 Å². The van der Waals surface area contributed by atoms with Crippen LogP contribution in [-0.4, -0.2) is 25.0 Å². The number of aryl methyl sites for hydroxylation is 2. The molecule has 0 bridgehead atoms. The van der Waals surface area contributed by atoms with E-state index >= 15 is 0 Å². The summed E-state index contributed by atoms with van der Waals surface area (Å²) in [4.78, 5) is 16.1. The van der Waals surface area contributed by atoms with Gasteiger partial charge in [-0.2, -0.15) is 5.26 Å². The Labute approximate surface area is 156 Å². The van der Waals surface area contributed by atoms with E-state index in [4.69, 9.17) is 0 Å². The highest BCUT2D eigenvalue weighted by Crippen LogP contribution is 2.35. The van der Waals surface area contributed by atoms with Gasteiger partial charge in [0, 0.05) is 35.1 Å². The first-order chi connectivity index (χ1) is 13.0. The first-order valence-corrected chi connectivity index (χ1v) is 8.50. The molecule has 0 unspecified atom stereocenters. The Morgan fingerprint density at radius 2 is 1.70 bits per heavy atom. The number of pyridine rings is 1. The van der Waals surface area contributed by atoms with E-state index in [1.807, 2.05) is 32.9 Å². The number of hydrogen-bond donors (Lipinski definition) is 2. The first kappa shape index (κ1) is 16.7. The number of rotatable bonds is 2. The summed E-state index contributed by atoms with van der Waals surface area (Å²) in [6, 6.07) is 7.77. The fourth-order valence-corrected chi connectivity index (χ4v) is 3.34. The molecule has 6 nitrogen and oxygen atoms in total. The van der Waals surface area contributed by atoms with Crippen LogP contribution in [0, 0.1) is 32.1 Å². The van der Waals surface area contributed by atoms with Crippen LogP contribution in [0.4, 0.5) is 0 Å². The molecule has 0 radical (unpaired) electrons. The monoisotopic (exact) mass is 355 g/mol. The number of phenolic OH excluding ortho intramolecular Hbond substituents is 1. The number of hydrogen-bond acceptors (Lipinski definition) is 5. The van der Waals surface area contributed by atoms with Gasteiger partial charge in [0.15, 0.2) is 0 Å². The molecule has 0 saturated heterocycles. The van der Waals surface area contributed by atoms with Crippen molar-refractivity contribution in [2.45, 2.75) is 20.8 Å². The number of nitriles is 1. The van der Waals surface area contributed by atoms with Crippen LogP contribution < -0.4 is 0 Å². The van der Waals surface area contributed by atoms with Crippen molar-refractivity contribution < 1.29 is 5.11 Å². The maximum atomic E-state index is 10.1. The Morgan fingerprint density at radius 1 is 1.00 bits per heavy atom. The van der Waals surface area contributed by atoms with Gasteiger partial charge in [0.05, 0.1) is 11.3 Å². The molecule has 3 aromatic heterocycles. The number of nitrogens with one attached hydrogen (secondary N) is 1. The minimum atomic E-state index is 0.239. The highest BCUT2D eigenvalue weighted by Gasteiger charge is 2.17. The summed E-state index contributed by atoms with van der Waals surface area (Å²) < 4.78 is 0. The van der Waals surface area contributed by atoms with Crippen LogP contribution in [0.25, 0.3) is 33.4 Å². The zero-order valence-corrected chi connectivity index (χ0v) is 15.2. The molecule has 2 N–H and O–H groups in total. The molecule has 27 heavy (non-hydrogen) atoms. The molecule has 1 aromatic carbocycles. The number of fused-ring (bicyclic) bond motifs is 1. The van der Waals surface area contributed by atoms with Gasteiger partial charge in [-0.3, -0.25) is 0 Å². The SMILES string of the molecule is Cc1ncc(-c2[nH]c3ncc(-c4c(C)ccc(O)c4C)cc3c2C#N)cn1. The molecular weight excluding hydrogens is 338 g/mol. The zero-order valence-electron chi connectivity index (χ0n) is 15.2. The third-order valence-electron chi connectivity index (χ3n) is 4.77. The van der Waals surface area contributed by atoms with Crippen LogP contribution in [0.3, 0.4) is 0 Å². The van der Waals surface area contributed by atoms with E-state index in [1.54, 1.807) is 24.7 Å². The second-order valence-corrected chi connectivity index (χ2v) is 6.53. The number of H-pyrrole nitrogens is 1. The van der Waals surface area contributed by atoms with Crippen molar-refractivity contribution in [3.05, 3.63) is 59.3 Å². The quantitative estimate of drug-likeness (QED) is 0.562. The van der Waals surface area contributed by atoms with E-state index in [2.05, 4.69) is 26.0 Å². The topological polar surface area (TPSA) is 98.5 Å². The van der Waals surface area contributed by atoms with Gasteiger partial charge >= 0.3 is 0 Å². The van der Waals surface area contributed by atoms with Crippen LogP contribution in [0.2, 0.25) is 0 Å². The first-order valence-electron chi connectivity index (χ1n) is 8.50. The number of nitrogens with zero attached hydrogens (tertiary/aromatic N) is 4. The van der Waals surface area contributed by atoms with Gasteiger partial charge in [-0.25, -0.2) is 15.0 Å². The Morgan fingerprint density at radius 3 is 2.41 bits per heavy atom. The molecule has 0 aliphatic heterocycles. The van der Waals surface area contributed by atoms with E-state index in [9.17, 15) is 10.4 Å². The summed E-state index contributed by atoms with van der Waals surface area (Å²) in [5, 5.41) is 20.6. The molecular formula is C21H17N5O. The van der Waals surface area contributed by atoms with Crippen molar-refractivity contribution in [3.63, 3.8) is 0 Å². The molecule has 0 aliphatic rings. The smallest absolute Gasteiger partial charge is 0.139 e. The highest BCUT2D eigenvalue weighted by atomic mass is 16.3. The predicted octanol–water partition coefficient (Wildman–Crippen LogP) is 4.19. The Kier molecular flexibility index (Phi) is 3.85. The van der Waals surface area contributed by atoms with Crippen molar-refractivity contribution in [2.24, 2.45) is 0 Å².